The molecule has 1 aliphatic carbocycles. The quantitative estimate of drug-likeness (QED) is 0.660. The third-order valence-electron chi connectivity index (χ3n) is 2.14. The van der Waals surface area contributed by atoms with E-state index in [1.165, 1.54) is 19.3 Å². The van der Waals surface area contributed by atoms with Crippen LogP contribution in [0.3, 0.4) is 0 Å². The summed E-state index contributed by atoms with van der Waals surface area (Å²) in [5, 5.41) is 0. The maximum atomic E-state index is 4.21. The van der Waals surface area contributed by atoms with Crippen LogP contribution in [-0.4, -0.2) is 4.98 Å². The summed E-state index contributed by atoms with van der Waals surface area (Å²) in [6.07, 6.45) is 10.3. The summed E-state index contributed by atoms with van der Waals surface area (Å²) in [5.41, 5.74) is 1.07. The van der Waals surface area contributed by atoms with Gasteiger partial charge in [0.05, 0.1) is 5.69 Å². The molecule has 0 unspecified atom stereocenters. The van der Waals surface area contributed by atoms with Crippen LogP contribution in [0, 0.1) is 5.92 Å². The first-order valence-electron chi connectivity index (χ1n) is 4.53. The van der Waals surface area contributed by atoms with E-state index in [-0.39, 0.29) is 0 Å². The molecule has 1 saturated carbocycles. The molecule has 1 aliphatic rings. The fourth-order valence-electron chi connectivity index (χ4n) is 1.21. The van der Waals surface area contributed by atoms with Gasteiger partial charge < -0.3 is 0 Å². The van der Waals surface area contributed by atoms with Gasteiger partial charge in [-0.05, 0) is 43.4 Å². The normalized spacial score (nSPS) is 17.0. The predicted molar refractivity (Wildman–Crippen MR) is 50.6 cm³/mol. The van der Waals surface area contributed by atoms with E-state index in [0.29, 0.717) is 0 Å². The number of allylic oxidation sites excluding steroid dienone is 1. The van der Waals surface area contributed by atoms with E-state index in [0.717, 1.165) is 11.6 Å². The molecule has 0 spiro atoms. The number of hydrogen-bond donors (Lipinski definition) is 0. The summed E-state index contributed by atoms with van der Waals surface area (Å²) in [4.78, 5) is 4.21. The van der Waals surface area contributed by atoms with Crippen LogP contribution < -0.4 is 0 Å². The number of pyridine rings is 1. The van der Waals surface area contributed by atoms with Crippen molar-refractivity contribution in [3.8, 4) is 0 Å². The molecule has 0 N–H and O–H groups in total. The van der Waals surface area contributed by atoms with Crippen LogP contribution in [0.1, 0.15) is 25.0 Å². The predicted octanol–water partition coefficient (Wildman–Crippen LogP) is 2.89. The highest BCUT2D eigenvalue weighted by molar-refractivity contribution is 5.43. The Morgan fingerprint density at radius 1 is 1.42 bits per heavy atom. The van der Waals surface area contributed by atoms with Gasteiger partial charge in [0.25, 0.3) is 0 Å². The molecule has 1 aromatic rings. The summed E-state index contributed by atoms with van der Waals surface area (Å²) >= 11 is 0. The van der Waals surface area contributed by atoms with Crippen molar-refractivity contribution < 1.29 is 0 Å². The first-order chi connectivity index (χ1) is 5.95. The molecular weight excluding hydrogens is 146 g/mol. The molecule has 0 amide bonds. The summed E-state index contributed by atoms with van der Waals surface area (Å²) in [6.45, 7) is 0. The van der Waals surface area contributed by atoms with Gasteiger partial charge in [-0.25, -0.2) is 0 Å². The number of rotatable bonds is 3. The van der Waals surface area contributed by atoms with Crippen molar-refractivity contribution >= 4 is 6.08 Å². The van der Waals surface area contributed by atoms with E-state index in [4.69, 9.17) is 0 Å². The van der Waals surface area contributed by atoms with Crippen molar-refractivity contribution in [2.24, 2.45) is 5.92 Å². The van der Waals surface area contributed by atoms with Crippen molar-refractivity contribution in [1.82, 2.24) is 4.98 Å². The second-order valence-corrected chi connectivity index (χ2v) is 3.34. The van der Waals surface area contributed by atoms with E-state index in [1.807, 2.05) is 24.4 Å². The molecule has 0 saturated heterocycles. The van der Waals surface area contributed by atoms with Gasteiger partial charge >= 0.3 is 0 Å². The largest absolute Gasteiger partial charge is 0.257 e. The molecule has 62 valence electrons. The van der Waals surface area contributed by atoms with E-state index < -0.39 is 0 Å². The van der Waals surface area contributed by atoms with Crippen LogP contribution in [0.4, 0.5) is 0 Å². The van der Waals surface area contributed by atoms with Crippen molar-refractivity contribution in [1.29, 1.82) is 0 Å². The van der Waals surface area contributed by atoms with E-state index >= 15 is 0 Å². The van der Waals surface area contributed by atoms with Crippen LogP contribution in [-0.2, 0) is 0 Å². The standard InChI is InChI=1S/C11H13N/c1-2-9-12-11(5-1)6-3-4-10-7-8-10/h1-3,5-6,9-10H,4,7-8H2. The molecule has 1 aromatic heterocycles. The fourth-order valence-corrected chi connectivity index (χ4v) is 1.21. The Bertz CT molecular complexity index is 260. The first-order valence-corrected chi connectivity index (χ1v) is 4.53. The van der Waals surface area contributed by atoms with Gasteiger partial charge in [-0.1, -0.05) is 12.1 Å². The average Bonchev–Trinajstić information content (AvgIpc) is 2.90. The molecule has 2 rings (SSSR count). The maximum Gasteiger partial charge on any atom is 0.0626 e. The Morgan fingerprint density at radius 3 is 3.00 bits per heavy atom. The molecule has 1 heterocycles. The Balaban J connectivity index is 1.89. The minimum absolute atomic E-state index is 0.977. The van der Waals surface area contributed by atoms with Crippen molar-refractivity contribution in [3.63, 3.8) is 0 Å². The monoisotopic (exact) mass is 159 g/mol. The molecule has 0 atom stereocenters. The molecule has 12 heavy (non-hydrogen) atoms. The average molecular weight is 159 g/mol. The van der Waals surface area contributed by atoms with Gasteiger partial charge in [0.1, 0.15) is 0 Å². The van der Waals surface area contributed by atoms with E-state index in [9.17, 15) is 0 Å². The number of hydrogen-bond acceptors (Lipinski definition) is 1. The third kappa shape index (κ3) is 2.19. The summed E-state index contributed by atoms with van der Waals surface area (Å²) in [7, 11) is 0. The van der Waals surface area contributed by atoms with Crippen LogP contribution >= 0.6 is 0 Å². The van der Waals surface area contributed by atoms with Crippen molar-refractivity contribution in [2.45, 2.75) is 19.3 Å². The van der Waals surface area contributed by atoms with Crippen LogP contribution in [0.2, 0.25) is 0 Å². The molecule has 0 aromatic carbocycles. The van der Waals surface area contributed by atoms with Crippen LogP contribution in [0.5, 0.6) is 0 Å². The second kappa shape index (κ2) is 3.53. The van der Waals surface area contributed by atoms with Gasteiger partial charge in [0.2, 0.25) is 0 Å². The molecule has 1 nitrogen and oxygen atoms in total. The van der Waals surface area contributed by atoms with Gasteiger partial charge in [0, 0.05) is 6.20 Å². The molecule has 0 bridgehead atoms. The minimum Gasteiger partial charge on any atom is -0.257 e. The van der Waals surface area contributed by atoms with Crippen LogP contribution in [0.15, 0.2) is 30.5 Å². The van der Waals surface area contributed by atoms with E-state index in [2.05, 4.69) is 17.1 Å². The lowest BCUT2D eigenvalue weighted by molar-refractivity contribution is 0.865. The van der Waals surface area contributed by atoms with Gasteiger partial charge in [-0.2, -0.15) is 0 Å². The Labute approximate surface area is 73.1 Å². The SMILES string of the molecule is C(=Cc1ccccn1)CC1CC1. The van der Waals surface area contributed by atoms with Crippen LogP contribution in [0.25, 0.3) is 6.08 Å². The van der Waals surface area contributed by atoms with Gasteiger partial charge in [-0.15, -0.1) is 0 Å². The summed E-state index contributed by atoms with van der Waals surface area (Å²) in [6, 6.07) is 5.99. The molecule has 0 aliphatic heterocycles. The molecule has 0 radical (unpaired) electrons. The maximum absolute atomic E-state index is 4.21. The lowest BCUT2D eigenvalue weighted by Crippen LogP contribution is -1.76. The second-order valence-electron chi connectivity index (χ2n) is 3.34. The Hall–Kier alpha value is -1.11. The smallest absolute Gasteiger partial charge is 0.0626 e. The zero-order valence-electron chi connectivity index (χ0n) is 7.11. The van der Waals surface area contributed by atoms with E-state index in [1.54, 1.807) is 0 Å². The lowest BCUT2D eigenvalue weighted by atomic mass is 10.2. The number of aromatic nitrogens is 1. The zero-order chi connectivity index (χ0) is 8.23. The number of nitrogens with zero attached hydrogens (tertiary/aromatic N) is 1. The lowest BCUT2D eigenvalue weighted by Gasteiger charge is -1.89. The highest BCUT2D eigenvalue weighted by Gasteiger charge is 2.18. The topological polar surface area (TPSA) is 12.9 Å². The highest BCUT2D eigenvalue weighted by Crippen LogP contribution is 2.32. The fraction of sp³-hybridized carbons (Fsp3) is 0.364. The first kappa shape index (κ1) is 7.53. The Kier molecular flexibility index (Phi) is 2.21. The highest BCUT2D eigenvalue weighted by atomic mass is 14.6. The van der Waals surface area contributed by atoms with Crippen molar-refractivity contribution in [2.75, 3.05) is 0 Å². The van der Waals surface area contributed by atoms with Gasteiger partial charge in [0.15, 0.2) is 0 Å². The Morgan fingerprint density at radius 2 is 2.33 bits per heavy atom. The summed E-state index contributed by atoms with van der Waals surface area (Å²) < 4.78 is 0. The third-order valence-corrected chi connectivity index (χ3v) is 2.14. The molecule has 1 heteroatoms. The molecule has 1 fully saturated rings. The van der Waals surface area contributed by atoms with Gasteiger partial charge in [-0.3, -0.25) is 4.98 Å². The minimum atomic E-state index is 0.977. The molecular formula is C11H13N. The zero-order valence-corrected chi connectivity index (χ0v) is 7.11. The summed E-state index contributed by atoms with van der Waals surface area (Å²) in [5.74, 6) is 0.977. The van der Waals surface area contributed by atoms with Crippen molar-refractivity contribution in [3.05, 3.63) is 36.2 Å².